The van der Waals surface area contributed by atoms with Gasteiger partial charge in [-0.3, -0.25) is 4.79 Å². The van der Waals surface area contributed by atoms with Crippen LogP contribution in [-0.4, -0.2) is 47.9 Å². The van der Waals surface area contributed by atoms with E-state index in [1.54, 1.807) is 16.2 Å². The lowest BCUT2D eigenvalue weighted by molar-refractivity contribution is -0.130. The summed E-state index contributed by atoms with van der Waals surface area (Å²) in [6, 6.07) is 0. The number of hydrogen-bond donors (Lipinski definition) is 0. The van der Waals surface area contributed by atoms with Gasteiger partial charge in [-0.15, -0.1) is 11.3 Å². The molecule has 1 rings (SSSR count). The number of rotatable bonds is 6. The molecule has 17 heavy (non-hydrogen) atoms. The van der Waals surface area contributed by atoms with E-state index in [1.165, 1.54) is 4.88 Å². The molecule has 0 aromatic carbocycles. The van der Waals surface area contributed by atoms with Gasteiger partial charge in [0.2, 0.25) is 5.91 Å². The fourth-order valence-corrected chi connectivity index (χ4v) is 2.35. The Morgan fingerprint density at radius 2 is 2.18 bits per heavy atom. The number of carbonyl (C=O) groups is 1. The van der Waals surface area contributed by atoms with E-state index in [0.717, 1.165) is 24.6 Å². The summed E-state index contributed by atoms with van der Waals surface area (Å²) in [5, 5.41) is 1.09. The number of hydrogen-bond acceptors (Lipinski definition) is 4. The second kappa shape index (κ2) is 6.71. The molecule has 0 aliphatic heterocycles. The smallest absolute Gasteiger partial charge is 0.223 e. The van der Waals surface area contributed by atoms with Crippen molar-refractivity contribution in [1.29, 1.82) is 0 Å². The molecule has 96 valence electrons. The SMILES string of the molecule is CCN(C)C(=O)CCN(C)Cc1cnc(C)s1. The van der Waals surface area contributed by atoms with Gasteiger partial charge in [0.25, 0.3) is 0 Å². The summed E-state index contributed by atoms with van der Waals surface area (Å²) in [6.45, 7) is 6.43. The van der Waals surface area contributed by atoms with Gasteiger partial charge in [0.1, 0.15) is 0 Å². The van der Waals surface area contributed by atoms with Crippen LogP contribution in [0.2, 0.25) is 0 Å². The van der Waals surface area contributed by atoms with E-state index in [9.17, 15) is 4.79 Å². The van der Waals surface area contributed by atoms with Crippen molar-refractivity contribution in [2.75, 3.05) is 27.2 Å². The topological polar surface area (TPSA) is 36.4 Å². The van der Waals surface area contributed by atoms with Crippen LogP contribution in [0.15, 0.2) is 6.20 Å². The van der Waals surface area contributed by atoms with E-state index in [-0.39, 0.29) is 5.91 Å². The summed E-state index contributed by atoms with van der Waals surface area (Å²) in [7, 11) is 3.88. The molecule has 0 aliphatic rings. The summed E-state index contributed by atoms with van der Waals surface area (Å²) in [5.74, 6) is 0.208. The van der Waals surface area contributed by atoms with Crippen LogP contribution >= 0.6 is 11.3 Å². The van der Waals surface area contributed by atoms with Crippen LogP contribution in [0.3, 0.4) is 0 Å². The van der Waals surface area contributed by atoms with Gasteiger partial charge in [-0.2, -0.15) is 0 Å². The molecule has 1 amide bonds. The molecule has 0 aliphatic carbocycles. The molecule has 1 aromatic heterocycles. The molecule has 1 heterocycles. The Hall–Kier alpha value is -0.940. The van der Waals surface area contributed by atoms with Gasteiger partial charge in [0, 0.05) is 44.2 Å². The van der Waals surface area contributed by atoms with Crippen molar-refractivity contribution in [1.82, 2.24) is 14.8 Å². The first-order chi connectivity index (χ1) is 8.02. The normalized spacial score (nSPS) is 10.9. The monoisotopic (exact) mass is 255 g/mol. The van der Waals surface area contributed by atoms with Crippen molar-refractivity contribution >= 4 is 17.2 Å². The Kier molecular flexibility index (Phi) is 5.58. The highest BCUT2D eigenvalue weighted by Gasteiger charge is 2.09. The standard InChI is InChI=1S/C12H21N3OS/c1-5-15(4)12(16)6-7-14(3)9-11-8-13-10(2)17-11/h8H,5-7,9H2,1-4H3. The highest BCUT2D eigenvalue weighted by atomic mass is 32.1. The largest absolute Gasteiger partial charge is 0.346 e. The molecule has 0 bridgehead atoms. The Bertz CT molecular complexity index is 364. The Morgan fingerprint density at radius 1 is 1.47 bits per heavy atom. The van der Waals surface area contributed by atoms with Crippen LogP contribution < -0.4 is 0 Å². The summed E-state index contributed by atoms with van der Waals surface area (Å²) in [5.41, 5.74) is 0. The quantitative estimate of drug-likeness (QED) is 0.777. The number of nitrogens with zero attached hydrogens (tertiary/aromatic N) is 3. The molecular formula is C12H21N3OS. The minimum absolute atomic E-state index is 0.208. The van der Waals surface area contributed by atoms with Crippen LogP contribution in [0.4, 0.5) is 0 Å². The first-order valence-corrected chi connectivity index (χ1v) is 6.68. The third-order valence-electron chi connectivity index (χ3n) is 2.70. The van der Waals surface area contributed by atoms with Crippen LogP contribution in [0.1, 0.15) is 23.2 Å². The number of aryl methyl sites for hydroxylation is 1. The molecule has 1 aromatic rings. The fourth-order valence-electron chi connectivity index (χ4n) is 1.48. The van der Waals surface area contributed by atoms with Crippen LogP contribution in [0, 0.1) is 6.92 Å². The lowest BCUT2D eigenvalue weighted by Gasteiger charge is -2.18. The van der Waals surface area contributed by atoms with Gasteiger partial charge >= 0.3 is 0 Å². The highest BCUT2D eigenvalue weighted by molar-refractivity contribution is 7.11. The second-order valence-electron chi connectivity index (χ2n) is 4.24. The number of thiazole rings is 1. The molecule has 0 unspecified atom stereocenters. The number of amides is 1. The van der Waals surface area contributed by atoms with Gasteiger partial charge in [0.15, 0.2) is 0 Å². The van der Waals surface area contributed by atoms with Gasteiger partial charge < -0.3 is 9.80 Å². The summed E-state index contributed by atoms with van der Waals surface area (Å²) < 4.78 is 0. The Labute approximate surface area is 107 Å². The maximum absolute atomic E-state index is 11.6. The average Bonchev–Trinajstić information content (AvgIpc) is 2.70. The molecule has 0 fully saturated rings. The van der Waals surface area contributed by atoms with Crippen molar-refractivity contribution in [3.05, 3.63) is 16.1 Å². The van der Waals surface area contributed by atoms with Crippen LogP contribution in [-0.2, 0) is 11.3 Å². The molecule has 4 nitrogen and oxygen atoms in total. The first kappa shape index (κ1) is 14.1. The first-order valence-electron chi connectivity index (χ1n) is 5.86. The average molecular weight is 255 g/mol. The second-order valence-corrected chi connectivity index (χ2v) is 5.56. The Morgan fingerprint density at radius 3 is 2.71 bits per heavy atom. The summed E-state index contributed by atoms with van der Waals surface area (Å²) in [4.78, 5) is 21.0. The maximum atomic E-state index is 11.6. The predicted octanol–water partition coefficient (Wildman–Crippen LogP) is 1.75. The predicted molar refractivity (Wildman–Crippen MR) is 71.1 cm³/mol. The van der Waals surface area contributed by atoms with Gasteiger partial charge in [-0.05, 0) is 20.9 Å². The van der Waals surface area contributed by atoms with E-state index >= 15 is 0 Å². The lowest BCUT2D eigenvalue weighted by Crippen LogP contribution is -2.30. The molecule has 0 saturated carbocycles. The summed E-state index contributed by atoms with van der Waals surface area (Å²) >= 11 is 1.71. The maximum Gasteiger partial charge on any atom is 0.223 e. The fraction of sp³-hybridized carbons (Fsp3) is 0.667. The van der Waals surface area contributed by atoms with Crippen molar-refractivity contribution in [2.45, 2.75) is 26.8 Å². The molecule has 0 saturated heterocycles. The van der Waals surface area contributed by atoms with Crippen LogP contribution in [0.25, 0.3) is 0 Å². The van der Waals surface area contributed by atoms with E-state index in [1.807, 2.05) is 34.1 Å². The molecule has 0 spiro atoms. The zero-order chi connectivity index (χ0) is 12.8. The van der Waals surface area contributed by atoms with E-state index < -0.39 is 0 Å². The van der Waals surface area contributed by atoms with Crippen molar-refractivity contribution in [3.63, 3.8) is 0 Å². The minimum Gasteiger partial charge on any atom is -0.346 e. The molecule has 0 radical (unpaired) electrons. The van der Waals surface area contributed by atoms with Gasteiger partial charge in [-0.1, -0.05) is 0 Å². The van der Waals surface area contributed by atoms with Crippen molar-refractivity contribution in [2.24, 2.45) is 0 Å². The zero-order valence-corrected chi connectivity index (χ0v) is 11.9. The molecule has 5 heteroatoms. The molecule has 0 atom stereocenters. The Balaban J connectivity index is 2.30. The van der Waals surface area contributed by atoms with Gasteiger partial charge in [0.05, 0.1) is 5.01 Å². The van der Waals surface area contributed by atoms with Gasteiger partial charge in [-0.25, -0.2) is 4.98 Å². The third-order valence-corrected chi connectivity index (χ3v) is 3.60. The van der Waals surface area contributed by atoms with Crippen molar-refractivity contribution < 1.29 is 4.79 Å². The third kappa shape index (κ3) is 4.83. The zero-order valence-electron chi connectivity index (χ0n) is 11.1. The van der Waals surface area contributed by atoms with E-state index in [0.29, 0.717) is 6.42 Å². The van der Waals surface area contributed by atoms with E-state index in [2.05, 4.69) is 9.88 Å². The number of carbonyl (C=O) groups excluding carboxylic acids is 1. The number of aromatic nitrogens is 1. The highest BCUT2D eigenvalue weighted by Crippen LogP contribution is 2.13. The lowest BCUT2D eigenvalue weighted by atomic mass is 10.3. The van der Waals surface area contributed by atoms with Crippen LogP contribution in [0.5, 0.6) is 0 Å². The summed E-state index contributed by atoms with van der Waals surface area (Å²) in [6.07, 6.45) is 2.50. The van der Waals surface area contributed by atoms with Crippen molar-refractivity contribution in [3.8, 4) is 0 Å². The minimum atomic E-state index is 0.208. The molecular weight excluding hydrogens is 234 g/mol. The molecule has 0 N–H and O–H groups in total. The van der Waals surface area contributed by atoms with E-state index in [4.69, 9.17) is 0 Å².